The van der Waals surface area contributed by atoms with E-state index in [2.05, 4.69) is 10.00 Å². The standard InChI is InChI=1S/C12H20N4O3S/c1-14-7-8-19-11-4-6-16(9-10(11)14)20(17,18)12-3-5-13-15(12)2/h3,5,10-11H,4,6-9H2,1-2H3/t10-,11+/m0/s1. The predicted molar refractivity (Wildman–Crippen MR) is 72.7 cm³/mol. The van der Waals surface area contributed by atoms with Crippen LogP contribution in [0.25, 0.3) is 0 Å². The fraction of sp³-hybridized carbons (Fsp3) is 0.750. The molecule has 1 aromatic heterocycles. The van der Waals surface area contributed by atoms with Crippen molar-refractivity contribution in [1.82, 2.24) is 19.0 Å². The van der Waals surface area contributed by atoms with Gasteiger partial charge in [-0.3, -0.25) is 9.58 Å². The number of hydrogen-bond donors (Lipinski definition) is 0. The Hall–Kier alpha value is -0.960. The molecule has 8 heteroatoms. The van der Waals surface area contributed by atoms with Crippen molar-refractivity contribution in [1.29, 1.82) is 0 Å². The van der Waals surface area contributed by atoms with Crippen molar-refractivity contribution in [3.05, 3.63) is 12.3 Å². The van der Waals surface area contributed by atoms with Crippen LogP contribution >= 0.6 is 0 Å². The minimum atomic E-state index is -3.47. The van der Waals surface area contributed by atoms with Crippen LogP contribution in [0.2, 0.25) is 0 Å². The second-order valence-corrected chi connectivity index (χ2v) is 7.29. The van der Waals surface area contributed by atoms with Gasteiger partial charge in [-0.05, 0) is 19.5 Å². The third-order valence-electron chi connectivity index (χ3n) is 4.21. The normalized spacial score (nSPS) is 29.3. The molecule has 0 amide bonds. The topological polar surface area (TPSA) is 67.7 Å². The summed E-state index contributed by atoms with van der Waals surface area (Å²) in [6.07, 6.45) is 2.40. The van der Waals surface area contributed by atoms with Crippen LogP contribution in [0.3, 0.4) is 0 Å². The lowest BCUT2D eigenvalue weighted by molar-refractivity contribution is -0.0840. The second kappa shape index (κ2) is 5.10. The Morgan fingerprint density at radius 2 is 2.15 bits per heavy atom. The van der Waals surface area contributed by atoms with Crippen molar-refractivity contribution < 1.29 is 13.2 Å². The molecule has 3 rings (SSSR count). The van der Waals surface area contributed by atoms with Crippen LogP contribution in [-0.2, 0) is 21.8 Å². The summed E-state index contributed by atoms with van der Waals surface area (Å²) in [7, 11) is 0.205. The third-order valence-corrected chi connectivity index (χ3v) is 6.15. The zero-order valence-corrected chi connectivity index (χ0v) is 12.6. The number of nitrogens with zero attached hydrogens (tertiary/aromatic N) is 4. The summed E-state index contributed by atoms with van der Waals surface area (Å²) in [6.45, 7) is 2.56. The molecule has 2 saturated heterocycles. The lowest BCUT2D eigenvalue weighted by Crippen LogP contribution is -2.59. The Bertz CT molecular complexity index is 585. The first-order valence-electron chi connectivity index (χ1n) is 6.80. The maximum Gasteiger partial charge on any atom is 0.260 e. The molecule has 0 aromatic carbocycles. The smallest absolute Gasteiger partial charge is 0.260 e. The van der Waals surface area contributed by atoms with E-state index in [1.807, 2.05) is 7.05 Å². The van der Waals surface area contributed by atoms with Gasteiger partial charge in [-0.25, -0.2) is 8.42 Å². The summed E-state index contributed by atoms with van der Waals surface area (Å²) in [5, 5.41) is 4.20. The lowest BCUT2D eigenvalue weighted by atomic mass is 10.0. The summed E-state index contributed by atoms with van der Waals surface area (Å²) in [5.41, 5.74) is 0. The number of rotatable bonds is 2. The molecule has 2 aliphatic heterocycles. The van der Waals surface area contributed by atoms with E-state index in [1.165, 1.54) is 10.9 Å². The molecular weight excluding hydrogens is 280 g/mol. The fourth-order valence-electron chi connectivity index (χ4n) is 2.98. The molecule has 2 aliphatic rings. The predicted octanol–water partition coefficient (Wildman–Crippen LogP) is -0.486. The van der Waals surface area contributed by atoms with E-state index in [9.17, 15) is 8.42 Å². The van der Waals surface area contributed by atoms with Gasteiger partial charge in [0.1, 0.15) is 0 Å². The number of sulfonamides is 1. The van der Waals surface area contributed by atoms with Crippen molar-refractivity contribution in [3.63, 3.8) is 0 Å². The molecule has 3 heterocycles. The van der Waals surface area contributed by atoms with Crippen LogP contribution < -0.4 is 0 Å². The van der Waals surface area contributed by atoms with Crippen LogP contribution in [0, 0.1) is 0 Å². The molecule has 0 aliphatic carbocycles. The van der Waals surface area contributed by atoms with Crippen LogP contribution in [0.5, 0.6) is 0 Å². The Kier molecular flexibility index (Phi) is 3.57. The highest BCUT2D eigenvalue weighted by molar-refractivity contribution is 7.89. The number of aryl methyl sites for hydroxylation is 1. The van der Waals surface area contributed by atoms with Crippen molar-refractivity contribution in [2.24, 2.45) is 7.05 Å². The third kappa shape index (κ3) is 2.26. The molecule has 0 bridgehead atoms. The van der Waals surface area contributed by atoms with E-state index in [-0.39, 0.29) is 17.2 Å². The number of fused-ring (bicyclic) bond motifs is 1. The molecule has 0 saturated carbocycles. The molecule has 7 nitrogen and oxygen atoms in total. The number of morpholine rings is 1. The Morgan fingerprint density at radius 3 is 2.85 bits per heavy atom. The quantitative estimate of drug-likeness (QED) is 0.737. The van der Waals surface area contributed by atoms with Crippen molar-refractivity contribution >= 4 is 10.0 Å². The van der Waals surface area contributed by atoms with Crippen LogP contribution in [0.1, 0.15) is 6.42 Å². The van der Waals surface area contributed by atoms with Crippen molar-refractivity contribution in [3.8, 4) is 0 Å². The summed E-state index contributed by atoms with van der Waals surface area (Å²) in [6, 6.07) is 1.68. The van der Waals surface area contributed by atoms with Gasteiger partial charge in [0.05, 0.1) is 18.9 Å². The Balaban J connectivity index is 1.83. The number of aromatic nitrogens is 2. The zero-order chi connectivity index (χ0) is 14.3. The van der Waals surface area contributed by atoms with E-state index in [4.69, 9.17) is 4.74 Å². The number of likely N-dealkylation sites (N-methyl/N-ethyl adjacent to an activating group) is 1. The monoisotopic (exact) mass is 300 g/mol. The van der Waals surface area contributed by atoms with Gasteiger partial charge in [0.15, 0.2) is 5.03 Å². The Morgan fingerprint density at radius 1 is 1.35 bits per heavy atom. The van der Waals surface area contributed by atoms with Crippen LogP contribution in [-0.4, -0.2) is 72.8 Å². The minimum Gasteiger partial charge on any atom is -0.375 e. The molecule has 20 heavy (non-hydrogen) atoms. The van der Waals surface area contributed by atoms with Crippen LogP contribution in [0.4, 0.5) is 0 Å². The zero-order valence-electron chi connectivity index (χ0n) is 11.8. The average molecular weight is 300 g/mol. The summed E-state index contributed by atoms with van der Waals surface area (Å²) >= 11 is 0. The van der Waals surface area contributed by atoms with Gasteiger partial charge < -0.3 is 4.74 Å². The fourth-order valence-corrected chi connectivity index (χ4v) is 4.55. The van der Waals surface area contributed by atoms with Crippen LogP contribution in [0.15, 0.2) is 17.3 Å². The molecule has 0 radical (unpaired) electrons. The van der Waals surface area contributed by atoms with Gasteiger partial charge in [0, 0.05) is 32.7 Å². The minimum absolute atomic E-state index is 0.139. The van der Waals surface area contributed by atoms with Gasteiger partial charge in [-0.1, -0.05) is 0 Å². The molecule has 112 valence electrons. The first-order chi connectivity index (χ1) is 9.50. The molecule has 1 aromatic rings. The number of piperidine rings is 1. The molecule has 2 fully saturated rings. The second-order valence-electron chi connectivity index (χ2n) is 5.40. The molecule has 0 N–H and O–H groups in total. The van der Waals surface area contributed by atoms with E-state index in [1.54, 1.807) is 17.4 Å². The van der Waals surface area contributed by atoms with Gasteiger partial charge in [0.25, 0.3) is 10.0 Å². The van der Waals surface area contributed by atoms with Gasteiger partial charge >= 0.3 is 0 Å². The lowest BCUT2D eigenvalue weighted by Gasteiger charge is -2.45. The first-order valence-corrected chi connectivity index (χ1v) is 8.24. The molecular formula is C12H20N4O3S. The highest BCUT2D eigenvalue weighted by Gasteiger charge is 2.40. The maximum absolute atomic E-state index is 12.7. The van der Waals surface area contributed by atoms with E-state index >= 15 is 0 Å². The van der Waals surface area contributed by atoms with E-state index in [0.717, 1.165) is 19.6 Å². The van der Waals surface area contributed by atoms with Crippen molar-refractivity contribution in [2.75, 3.05) is 33.3 Å². The molecule has 0 unspecified atom stereocenters. The van der Waals surface area contributed by atoms with Gasteiger partial charge in [-0.2, -0.15) is 9.40 Å². The highest BCUT2D eigenvalue weighted by Crippen LogP contribution is 2.26. The average Bonchev–Trinajstić information content (AvgIpc) is 2.86. The maximum atomic E-state index is 12.7. The van der Waals surface area contributed by atoms with Gasteiger partial charge in [-0.15, -0.1) is 0 Å². The Labute approximate surface area is 119 Å². The number of hydrogen-bond acceptors (Lipinski definition) is 5. The molecule has 0 spiro atoms. The number of ether oxygens (including phenoxy) is 1. The van der Waals surface area contributed by atoms with Gasteiger partial charge in [0.2, 0.25) is 0 Å². The molecule has 2 atom stereocenters. The van der Waals surface area contributed by atoms with E-state index < -0.39 is 10.0 Å². The summed E-state index contributed by atoms with van der Waals surface area (Å²) in [4.78, 5) is 2.19. The highest BCUT2D eigenvalue weighted by atomic mass is 32.2. The van der Waals surface area contributed by atoms with Crippen molar-refractivity contribution in [2.45, 2.75) is 23.6 Å². The largest absolute Gasteiger partial charge is 0.375 e. The summed E-state index contributed by atoms with van der Waals surface area (Å²) in [5.74, 6) is 0. The summed E-state index contributed by atoms with van der Waals surface area (Å²) < 4.78 is 34.0. The van der Waals surface area contributed by atoms with E-state index in [0.29, 0.717) is 13.1 Å². The first kappa shape index (κ1) is 14.0. The SMILES string of the molecule is CN1CCO[C@@H]2CCN(S(=O)(=O)c3ccnn3C)C[C@@H]21.